The van der Waals surface area contributed by atoms with Gasteiger partial charge in [0.2, 0.25) is 5.60 Å². The first-order valence-electron chi connectivity index (χ1n) is 12.5. The predicted molar refractivity (Wildman–Crippen MR) is 139 cm³/mol. The van der Waals surface area contributed by atoms with E-state index in [1.54, 1.807) is 37.5 Å². The van der Waals surface area contributed by atoms with Gasteiger partial charge in [0.15, 0.2) is 0 Å². The van der Waals surface area contributed by atoms with Crippen LogP contribution in [0.5, 0.6) is 0 Å². The molecule has 0 aromatic carbocycles. The third kappa shape index (κ3) is 4.17. The molecule has 2 atom stereocenters. The lowest BCUT2D eigenvalue weighted by Gasteiger charge is -2.36. The van der Waals surface area contributed by atoms with Crippen LogP contribution < -0.4 is 11.3 Å². The molecule has 4 N–H and O–H groups in total. The number of nitrogens with one attached hydrogen (secondary N) is 1. The molecule has 196 valence electrons. The van der Waals surface area contributed by atoms with Crippen LogP contribution in [-0.4, -0.2) is 33.4 Å². The number of rotatable bonds is 6. The third-order valence-corrected chi connectivity index (χ3v) is 7.48. The minimum atomic E-state index is -1.77. The van der Waals surface area contributed by atoms with Gasteiger partial charge in [-0.25, -0.2) is 4.79 Å². The molecule has 9 heteroatoms. The fourth-order valence-corrected chi connectivity index (χ4v) is 5.14. The number of aliphatic hydroxyl groups excluding tert-OH is 1. The first-order valence-corrected chi connectivity index (χ1v) is 12.5. The molecule has 0 radical (unpaired) electrons. The zero-order chi connectivity index (χ0) is 27.2. The minimum absolute atomic E-state index is 0.0585. The largest absolute Gasteiger partial charge is 0.508 e. The van der Waals surface area contributed by atoms with Crippen molar-refractivity contribution in [3.8, 4) is 0 Å². The lowest BCUT2D eigenvalue weighted by atomic mass is 9.85. The highest BCUT2D eigenvalue weighted by Gasteiger charge is 2.51. The van der Waals surface area contributed by atoms with Gasteiger partial charge in [-0.1, -0.05) is 27.7 Å². The molecule has 9 nitrogen and oxygen atoms in total. The smallest absolute Gasteiger partial charge is 0.355 e. The Morgan fingerprint density at radius 1 is 1.30 bits per heavy atom. The minimum Gasteiger partial charge on any atom is -0.508 e. The maximum absolute atomic E-state index is 13.7. The monoisotopic (exact) mass is 507 g/mol. The molecule has 1 unspecified atom stereocenters. The Morgan fingerprint density at radius 3 is 2.62 bits per heavy atom. The van der Waals surface area contributed by atoms with Gasteiger partial charge in [0, 0.05) is 16.8 Å². The molecule has 3 heterocycles. The van der Waals surface area contributed by atoms with E-state index in [9.17, 15) is 19.5 Å². The predicted octanol–water partition coefficient (Wildman–Crippen LogP) is 3.56. The van der Waals surface area contributed by atoms with Crippen LogP contribution >= 0.6 is 0 Å². The lowest BCUT2D eigenvalue weighted by molar-refractivity contribution is -0.190. The summed E-state index contributed by atoms with van der Waals surface area (Å²) >= 11 is 0. The Bertz CT molecular complexity index is 1390. The molecule has 0 amide bonds. The van der Waals surface area contributed by atoms with Gasteiger partial charge in [-0.15, -0.1) is 0 Å². The zero-order valence-electron chi connectivity index (χ0n) is 21.8. The first-order chi connectivity index (χ1) is 17.5. The lowest BCUT2D eigenvalue weighted by Crippen LogP contribution is -2.50. The fraction of sp³-hybridized carbons (Fsp3) is 0.429. The van der Waals surface area contributed by atoms with E-state index in [0.717, 1.165) is 16.7 Å². The van der Waals surface area contributed by atoms with Gasteiger partial charge in [-0.2, -0.15) is 0 Å². The molecule has 0 fully saturated rings. The number of ether oxygens (including phenoxy) is 2. The number of carbonyl (C=O) groups excluding carboxylic acids is 2. The Hall–Kier alpha value is -3.72. The summed E-state index contributed by atoms with van der Waals surface area (Å²) < 4.78 is 12.8. The number of allylic oxidation sites excluding steroid dienone is 7. The van der Waals surface area contributed by atoms with E-state index in [1.807, 2.05) is 13.8 Å². The zero-order valence-corrected chi connectivity index (χ0v) is 21.8. The SMILES string of the molecule is CC/C(C1=C(C)c2cc3c(c(=O)n2C1)COC(=O)[C@@]3(CC)OC(=O)C(N)C(C)C)=C1\C=C(O)C=CC1=N. The van der Waals surface area contributed by atoms with Gasteiger partial charge >= 0.3 is 11.9 Å². The maximum Gasteiger partial charge on any atom is 0.355 e. The van der Waals surface area contributed by atoms with Crippen LogP contribution in [-0.2, 0) is 37.8 Å². The van der Waals surface area contributed by atoms with Crippen molar-refractivity contribution in [1.29, 1.82) is 5.41 Å². The molecular formula is C28H33N3O6. The van der Waals surface area contributed by atoms with Crippen LogP contribution in [0.25, 0.3) is 5.57 Å². The second-order valence-corrected chi connectivity index (χ2v) is 9.93. The standard InChI is InChI=1S/C28H33N3O6/c1-6-17(18-10-16(32)8-9-22(18)29)19-12-31-23(15(19)5)11-21-20(25(31)33)13-36-27(35)28(21,7-2)37-26(34)24(30)14(3)4/h8-11,14,24,29,32H,6-7,12-13,30H2,1-5H3/b18-17-,29-22?/t24?,28-/m0/s1. The van der Waals surface area contributed by atoms with Crippen LogP contribution in [0.3, 0.4) is 0 Å². The number of nitrogens with zero attached hydrogens (tertiary/aromatic N) is 1. The molecule has 37 heavy (non-hydrogen) atoms. The van der Waals surface area contributed by atoms with Crippen molar-refractivity contribution in [3.63, 3.8) is 0 Å². The topological polar surface area (TPSA) is 145 Å². The quantitative estimate of drug-likeness (QED) is 0.499. The summed E-state index contributed by atoms with van der Waals surface area (Å²) in [6.45, 7) is 9.16. The molecule has 0 saturated carbocycles. The van der Waals surface area contributed by atoms with Crippen LogP contribution in [0, 0.1) is 11.3 Å². The Morgan fingerprint density at radius 2 is 2.00 bits per heavy atom. The van der Waals surface area contributed by atoms with Crippen molar-refractivity contribution in [1.82, 2.24) is 4.57 Å². The van der Waals surface area contributed by atoms with E-state index in [-0.39, 0.29) is 48.1 Å². The van der Waals surface area contributed by atoms with Crippen molar-refractivity contribution in [2.24, 2.45) is 11.7 Å². The average molecular weight is 508 g/mol. The number of nitrogens with two attached hydrogens (primary N) is 1. The van der Waals surface area contributed by atoms with Gasteiger partial charge < -0.3 is 30.3 Å². The maximum atomic E-state index is 13.7. The number of cyclic esters (lactones) is 1. The third-order valence-electron chi connectivity index (χ3n) is 7.48. The first kappa shape index (κ1) is 26.3. The fourth-order valence-electron chi connectivity index (χ4n) is 5.14. The van der Waals surface area contributed by atoms with E-state index in [1.165, 1.54) is 12.2 Å². The second kappa shape index (κ2) is 9.63. The molecule has 4 rings (SSSR count). The molecular weight excluding hydrogens is 474 g/mol. The summed E-state index contributed by atoms with van der Waals surface area (Å²) in [5.74, 6) is -1.61. The number of fused-ring (bicyclic) bond motifs is 2. The van der Waals surface area contributed by atoms with Crippen molar-refractivity contribution >= 4 is 23.2 Å². The summed E-state index contributed by atoms with van der Waals surface area (Å²) in [6, 6.07) is 0.808. The Balaban J connectivity index is 1.89. The van der Waals surface area contributed by atoms with E-state index >= 15 is 0 Å². The van der Waals surface area contributed by atoms with Crippen molar-refractivity contribution in [2.75, 3.05) is 0 Å². The molecule has 3 aliphatic rings. The Kier molecular flexibility index (Phi) is 6.85. The number of aromatic nitrogens is 1. The van der Waals surface area contributed by atoms with Crippen LogP contribution in [0.2, 0.25) is 0 Å². The number of hydrogen-bond donors (Lipinski definition) is 3. The molecule has 0 saturated heterocycles. The molecule has 0 spiro atoms. The summed E-state index contributed by atoms with van der Waals surface area (Å²) in [5.41, 5.74) is 8.51. The Labute approximate surface area is 215 Å². The summed E-state index contributed by atoms with van der Waals surface area (Å²) in [6.07, 6.45) is 5.22. The van der Waals surface area contributed by atoms with Crippen LogP contribution in [0.1, 0.15) is 64.3 Å². The number of aliphatic hydroxyl groups is 1. The summed E-state index contributed by atoms with van der Waals surface area (Å²) in [5, 5.41) is 18.4. The van der Waals surface area contributed by atoms with Gasteiger partial charge in [0.1, 0.15) is 18.4 Å². The molecule has 2 aliphatic heterocycles. The van der Waals surface area contributed by atoms with Gasteiger partial charge in [-0.05, 0) is 66.7 Å². The van der Waals surface area contributed by atoms with Gasteiger partial charge in [-0.3, -0.25) is 9.59 Å². The van der Waals surface area contributed by atoms with Crippen LogP contribution in [0.4, 0.5) is 0 Å². The van der Waals surface area contributed by atoms with Crippen molar-refractivity contribution in [2.45, 2.75) is 72.3 Å². The summed E-state index contributed by atoms with van der Waals surface area (Å²) in [4.78, 5) is 39.7. The van der Waals surface area contributed by atoms with Crippen LogP contribution in [0.15, 0.2) is 51.6 Å². The average Bonchev–Trinajstić information content (AvgIpc) is 3.19. The molecule has 1 aliphatic carbocycles. The normalized spacial score (nSPS) is 22.9. The van der Waals surface area contributed by atoms with Gasteiger partial charge in [0.05, 0.1) is 17.8 Å². The second-order valence-electron chi connectivity index (χ2n) is 9.93. The van der Waals surface area contributed by atoms with Crippen molar-refractivity contribution in [3.05, 3.63) is 73.9 Å². The van der Waals surface area contributed by atoms with E-state index < -0.39 is 23.6 Å². The highest BCUT2D eigenvalue weighted by atomic mass is 16.6. The highest BCUT2D eigenvalue weighted by Crippen LogP contribution is 2.41. The van der Waals surface area contributed by atoms with Gasteiger partial charge in [0.25, 0.3) is 5.56 Å². The van der Waals surface area contributed by atoms with E-state index in [0.29, 0.717) is 23.3 Å². The van der Waals surface area contributed by atoms with Crippen molar-refractivity contribution < 1.29 is 24.2 Å². The summed E-state index contributed by atoms with van der Waals surface area (Å²) in [7, 11) is 0. The number of esters is 2. The van der Waals surface area contributed by atoms with E-state index in [2.05, 4.69) is 0 Å². The number of hydrogen-bond acceptors (Lipinski definition) is 8. The number of carbonyl (C=O) groups is 2. The molecule has 1 aromatic rings. The molecule has 0 bridgehead atoms. The van der Waals surface area contributed by atoms with E-state index in [4.69, 9.17) is 20.6 Å². The molecule has 1 aromatic heterocycles. The number of pyridine rings is 1. The highest BCUT2D eigenvalue weighted by molar-refractivity contribution is 6.11.